The number of ether oxygens (including phenoxy) is 6. The van der Waals surface area contributed by atoms with Crippen LogP contribution in [0.2, 0.25) is 0 Å². The second-order valence-electron chi connectivity index (χ2n) is 15.8. The summed E-state index contributed by atoms with van der Waals surface area (Å²) in [6.45, 7) is 7.65. The zero-order valence-corrected chi connectivity index (χ0v) is 29.9. The number of aliphatic carboxylic acids is 1. The third kappa shape index (κ3) is 5.55. The summed E-state index contributed by atoms with van der Waals surface area (Å²) in [5.74, 6) is -10.1. The third-order valence-corrected chi connectivity index (χ3v) is 12.7. The van der Waals surface area contributed by atoms with Gasteiger partial charge in [-0.05, 0) is 50.2 Å². The summed E-state index contributed by atoms with van der Waals surface area (Å²) < 4.78 is 34.1. The SMILES string of the molecule is CC(=O)OC(C)(C)/C(C)=C/C(=O)O[C@H]1C(=O)O[C@@H]2C[C@H]3[C@H](C)C(=O)C(OC4OC(CO)C(O)C(O)C4O)=C[C@]3(C)[C@H]3[C@@H](O)[C@H](O)C4(C(=O)O)OC[C@]32[C@@H]14. The largest absolute Gasteiger partial charge is 0.479 e. The number of ketones is 1. The van der Waals surface area contributed by atoms with E-state index in [0.29, 0.717) is 0 Å². The minimum Gasteiger partial charge on any atom is -0.479 e. The Morgan fingerprint density at radius 3 is 2.28 bits per heavy atom. The monoisotopic (exact) mass is 754 g/mol. The Morgan fingerprint density at radius 2 is 1.68 bits per heavy atom. The fourth-order valence-corrected chi connectivity index (χ4v) is 9.98. The average molecular weight is 755 g/mol. The van der Waals surface area contributed by atoms with Crippen molar-refractivity contribution in [3.05, 3.63) is 23.5 Å². The highest BCUT2D eigenvalue weighted by atomic mass is 16.7. The number of hydrogen-bond acceptors (Lipinski definition) is 17. The van der Waals surface area contributed by atoms with Gasteiger partial charge in [0.1, 0.15) is 42.2 Å². The van der Waals surface area contributed by atoms with Crippen LogP contribution in [0.3, 0.4) is 0 Å². The van der Waals surface area contributed by atoms with Crippen molar-refractivity contribution in [3.8, 4) is 0 Å². The quantitative estimate of drug-likeness (QED) is 0.0791. The Bertz CT molecular complexity index is 1640. The van der Waals surface area contributed by atoms with E-state index >= 15 is 0 Å². The smallest absolute Gasteiger partial charge is 0.348 e. The number of aliphatic hydroxyl groups is 6. The van der Waals surface area contributed by atoms with E-state index in [2.05, 4.69) is 0 Å². The number of carboxylic acids is 1. The zero-order chi connectivity index (χ0) is 39.3. The molecule has 1 spiro atoms. The van der Waals surface area contributed by atoms with Crippen molar-refractivity contribution in [1.82, 2.24) is 0 Å². The lowest BCUT2D eigenvalue weighted by Crippen LogP contribution is -2.79. The summed E-state index contributed by atoms with van der Waals surface area (Å²) in [7, 11) is 0. The molecule has 0 aromatic carbocycles. The molecule has 294 valence electrons. The second-order valence-corrected chi connectivity index (χ2v) is 15.8. The van der Waals surface area contributed by atoms with Gasteiger partial charge in [-0.3, -0.25) is 9.59 Å². The van der Waals surface area contributed by atoms with Gasteiger partial charge in [0, 0.05) is 30.3 Å². The van der Waals surface area contributed by atoms with Gasteiger partial charge in [-0.25, -0.2) is 14.4 Å². The Labute approximate surface area is 303 Å². The fraction of sp³-hybridized carbons (Fsp3) is 0.743. The van der Waals surface area contributed by atoms with Gasteiger partial charge < -0.3 is 64.2 Å². The molecule has 5 fully saturated rings. The molecule has 6 aliphatic rings. The van der Waals surface area contributed by atoms with Crippen molar-refractivity contribution in [2.75, 3.05) is 13.2 Å². The highest BCUT2D eigenvalue weighted by Gasteiger charge is 2.85. The van der Waals surface area contributed by atoms with E-state index in [0.717, 1.165) is 6.08 Å². The second kappa shape index (κ2) is 13.1. The molecule has 6 unspecified atom stereocenters. The number of Topliss-reactive ketones (excluding diaryl/α,β-unsaturated/α-hetero) is 1. The zero-order valence-electron chi connectivity index (χ0n) is 29.9. The first-order chi connectivity index (χ1) is 24.6. The molecule has 2 saturated carbocycles. The predicted molar refractivity (Wildman–Crippen MR) is 170 cm³/mol. The summed E-state index contributed by atoms with van der Waals surface area (Å²) >= 11 is 0. The lowest BCUT2D eigenvalue weighted by molar-refractivity contribution is -0.296. The number of aliphatic hydroxyl groups excluding tert-OH is 6. The van der Waals surface area contributed by atoms with Gasteiger partial charge in [0.25, 0.3) is 0 Å². The normalized spacial score (nSPS) is 46.3. The summed E-state index contributed by atoms with van der Waals surface area (Å²) in [5, 5.41) is 75.3. The summed E-state index contributed by atoms with van der Waals surface area (Å²) in [6, 6.07) is 0. The standard InChI is InChI=1S/C35H46O18/c1-12(32(4,5)53-14(3)37)7-19(38)52-25-27-34-11-48-35(27,31(46)47)28(44)24(43)26(34)33(6)9-16(20(39)13(2)15(33)8-18(34)51-29(25)45)49-30-23(42)22(41)21(40)17(10-36)50-30/h7,9,13,15,17-18,21-28,30,36,40-44H,8,10-11H2,1-6H3,(H,46,47)/b12-7+/t13-,15-,17?,18+,21?,22?,23?,24+,25+,26+,27+,28-,30?,33-,34+,35?/m0/s1. The van der Waals surface area contributed by atoms with Gasteiger partial charge in [-0.2, -0.15) is 0 Å². The highest BCUT2D eigenvalue weighted by molar-refractivity contribution is 5.97. The molecule has 16 atom stereocenters. The molecule has 0 aromatic rings. The van der Waals surface area contributed by atoms with Gasteiger partial charge in [0.15, 0.2) is 11.5 Å². The van der Waals surface area contributed by atoms with Gasteiger partial charge in [-0.15, -0.1) is 0 Å². The fourth-order valence-electron chi connectivity index (χ4n) is 9.98. The summed E-state index contributed by atoms with van der Waals surface area (Å²) in [6.07, 6.45) is -13.5. The number of carbonyl (C=O) groups is 5. The number of hydrogen-bond donors (Lipinski definition) is 7. The Kier molecular flexibility index (Phi) is 9.67. The predicted octanol–water partition coefficient (Wildman–Crippen LogP) is -2.14. The van der Waals surface area contributed by atoms with Crippen LogP contribution in [0.1, 0.15) is 48.0 Å². The molecule has 3 aliphatic heterocycles. The van der Waals surface area contributed by atoms with Crippen LogP contribution in [0.25, 0.3) is 0 Å². The van der Waals surface area contributed by atoms with Crippen LogP contribution in [0.15, 0.2) is 23.5 Å². The lowest BCUT2D eigenvalue weighted by Gasteiger charge is -2.67. The third-order valence-electron chi connectivity index (χ3n) is 12.7. The topological polar surface area (TPSA) is 282 Å². The molecular formula is C35H46O18. The molecule has 2 bridgehead atoms. The number of rotatable bonds is 8. The minimum atomic E-state index is -2.66. The van der Waals surface area contributed by atoms with Crippen LogP contribution < -0.4 is 0 Å². The van der Waals surface area contributed by atoms with E-state index < -0.39 is 144 Å². The summed E-state index contributed by atoms with van der Waals surface area (Å²) in [4.78, 5) is 65.8. The number of esters is 3. The van der Waals surface area contributed by atoms with Crippen molar-refractivity contribution in [2.45, 2.75) is 114 Å². The molecule has 3 aliphatic carbocycles. The van der Waals surface area contributed by atoms with Gasteiger partial charge in [0.05, 0.1) is 25.2 Å². The first-order valence-electron chi connectivity index (χ1n) is 17.4. The van der Waals surface area contributed by atoms with Gasteiger partial charge in [-0.1, -0.05) is 13.8 Å². The molecule has 18 nitrogen and oxygen atoms in total. The molecule has 0 radical (unpaired) electrons. The Hall–Kier alpha value is -3.49. The molecule has 6 rings (SSSR count). The van der Waals surface area contributed by atoms with E-state index in [4.69, 9.17) is 28.4 Å². The van der Waals surface area contributed by atoms with Gasteiger partial charge >= 0.3 is 23.9 Å². The maximum Gasteiger partial charge on any atom is 0.348 e. The Morgan fingerprint density at radius 1 is 1.02 bits per heavy atom. The van der Waals surface area contributed by atoms with Crippen molar-refractivity contribution < 1.29 is 88.1 Å². The first-order valence-corrected chi connectivity index (χ1v) is 17.4. The molecule has 3 saturated heterocycles. The molecule has 7 N–H and O–H groups in total. The van der Waals surface area contributed by atoms with E-state index in [-0.39, 0.29) is 17.8 Å². The van der Waals surface area contributed by atoms with Crippen LogP contribution in [0.4, 0.5) is 0 Å². The van der Waals surface area contributed by atoms with Crippen molar-refractivity contribution in [2.24, 2.45) is 34.5 Å². The van der Waals surface area contributed by atoms with Crippen LogP contribution in [-0.4, -0.2) is 145 Å². The number of carbonyl (C=O) groups excluding carboxylic acids is 4. The van der Waals surface area contributed by atoms with Crippen LogP contribution >= 0.6 is 0 Å². The molecule has 18 heteroatoms. The lowest BCUT2D eigenvalue weighted by atomic mass is 9.38. The van der Waals surface area contributed by atoms with Crippen LogP contribution in [0.5, 0.6) is 0 Å². The minimum absolute atomic E-state index is 0.0515. The molecular weight excluding hydrogens is 708 g/mol. The molecule has 0 aromatic heterocycles. The van der Waals surface area contributed by atoms with E-state index in [1.165, 1.54) is 33.8 Å². The van der Waals surface area contributed by atoms with Gasteiger partial charge in [0.2, 0.25) is 18.0 Å². The molecule has 53 heavy (non-hydrogen) atoms. The number of fused-ring (bicyclic) bond motifs is 2. The maximum absolute atomic E-state index is 13.8. The van der Waals surface area contributed by atoms with E-state index in [9.17, 15) is 59.7 Å². The van der Waals surface area contributed by atoms with E-state index in [1.807, 2.05) is 0 Å². The van der Waals surface area contributed by atoms with Crippen LogP contribution in [-0.2, 0) is 52.4 Å². The number of allylic oxidation sites excluding steroid dienone is 2. The number of carboxylic acid groups (broad SMARTS) is 1. The van der Waals surface area contributed by atoms with Crippen molar-refractivity contribution in [3.63, 3.8) is 0 Å². The van der Waals surface area contributed by atoms with Crippen LogP contribution in [0, 0.1) is 34.5 Å². The summed E-state index contributed by atoms with van der Waals surface area (Å²) in [5.41, 5.74) is -6.73. The average Bonchev–Trinajstić information content (AvgIpc) is 3.38. The van der Waals surface area contributed by atoms with Crippen molar-refractivity contribution >= 4 is 29.7 Å². The Balaban J connectivity index is 1.44. The maximum atomic E-state index is 13.8. The molecule has 3 heterocycles. The highest BCUT2D eigenvalue weighted by Crippen LogP contribution is 2.72. The van der Waals surface area contributed by atoms with E-state index in [1.54, 1.807) is 13.8 Å². The van der Waals surface area contributed by atoms with Crippen molar-refractivity contribution in [1.29, 1.82) is 0 Å². The first kappa shape index (κ1) is 39.2. The molecule has 0 amide bonds.